The zero-order valence-electron chi connectivity index (χ0n) is 50.7. The SMILES string of the molecule is CC/C=C\C/C=C\C/C=C\CCCCCCCC(=O)OC(COC(=O)CCCCCCCCCCCCCCCCCCCCCCCCCCC/C=C\CCCCCCCCCC)COP(=O)([O-])OCC[N+](C)(C)C. The number of likely N-dealkylation sites (N-methyl/N-ethyl adjacent to an activating group) is 1. The highest BCUT2D eigenvalue weighted by Crippen LogP contribution is 2.38. The number of carbonyl (C=O) groups excluding carboxylic acids is 2. The maximum atomic E-state index is 12.8. The number of unbranched alkanes of at least 4 members (excludes halogenated alkanes) is 38. The Balaban J connectivity index is 3.90. The monoisotopic (exact) mass is 1090 g/mol. The number of allylic oxidation sites excluding steroid dienone is 8. The second kappa shape index (κ2) is 57.6. The Morgan fingerprint density at radius 1 is 0.421 bits per heavy atom. The van der Waals surface area contributed by atoms with Gasteiger partial charge in [0.2, 0.25) is 0 Å². The van der Waals surface area contributed by atoms with Gasteiger partial charge in [-0.2, -0.15) is 0 Å². The zero-order valence-corrected chi connectivity index (χ0v) is 51.6. The molecule has 9 nitrogen and oxygen atoms in total. The first kappa shape index (κ1) is 74.0. The van der Waals surface area contributed by atoms with Gasteiger partial charge in [-0.3, -0.25) is 14.2 Å². The lowest BCUT2D eigenvalue weighted by molar-refractivity contribution is -0.870. The summed E-state index contributed by atoms with van der Waals surface area (Å²) in [7, 11) is 1.16. The Bertz CT molecular complexity index is 1420. The van der Waals surface area contributed by atoms with Crippen LogP contribution < -0.4 is 4.89 Å². The third-order valence-corrected chi connectivity index (χ3v) is 15.3. The summed E-state index contributed by atoms with van der Waals surface area (Å²) in [5.41, 5.74) is 0. The number of hydrogen-bond donors (Lipinski definition) is 0. The highest BCUT2D eigenvalue weighted by atomic mass is 31.2. The summed E-state index contributed by atoms with van der Waals surface area (Å²) in [5, 5.41) is 0. The van der Waals surface area contributed by atoms with Crippen molar-refractivity contribution in [2.75, 3.05) is 47.5 Å². The van der Waals surface area contributed by atoms with E-state index in [1.807, 2.05) is 21.1 Å². The Kier molecular flexibility index (Phi) is 56.1. The topological polar surface area (TPSA) is 111 Å². The number of ether oxygens (including phenoxy) is 2. The lowest BCUT2D eigenvalue weighted by atomic mass is 10.0. The quantitative estimate of drug-likeness (QED) is 0.0195. The summed E-state index contributed by atoms with van der Waals surface area (Å²) in [6.45, 7) is 4.14. The molecule has 0 aliphatic rings. The molecule has 76 heavy (non-hydrogen) atoms. The van der Waals surface area contributed by atoms with Crippen LogP contribution in [0.4, 0.5) is 0 Å². The molecule has 0 saturated heterocycles. The van der Waals surface area contributed by atoms with Crippen molar-refractivity contribution in [2.24, 2.45) is 0 Å². The molecule has 0 aliphatic heterocycles. The summed E-state index contributed by atoms with van der Waals surface area (Å²) in [4.78, 5) is 37.8. The summed E-state index contributed by atoms with van der Waals surface area (Å²) in [6.07, 6.45) is 73.5. The second-order valence-electron chi connectivity index (χ2n) is 23.1. The molecule has 2 atom stereocenters. The molecule has 2 unspecified atom stereocenters. The minimum absolute atomic E-state index is 0.0341. The maximum absolute atomic E-state index is 12.8. The molecule has 0 aromatic carbocycles. The molecule has 0 aromatic heterocycles. The van der Waals surface area contributed by atoms with Gasteiger partial charge >= 0.3 is 11.9 Å². The molecule has 0 amide bonds. The summed E-state index contributed by atoms with van der Waals surface area (Å²) >= 11 is 0. The van der Waals surface area contributed by atoms with Crippen LogP contribution in [0, 0.1) is 0 Å². The van der Waals surface area contributed by atoms with Crippen molar-refractivity contribution in [1.82, 2.24) is 0 Å². The fourth-order valence-corrected chi connectivity index (χ4v) is 10.1. The molecule has 446 valence electrons. The van der Waals surface area contributed by atoms with Gasteiger partial charge in [0, 0.05) is 12.8 Å². The molecule has 0 N–H and O–H groups in total. The van der Waals surface area contributed by atoms with Crippen LogP contribution in [0.3, 0.4) is 0 Å². The van der Waals surface area contributed by atoms with Crippen molar-refractivity contribution in [3.63, 3.8) is 0 Å². The first-order valence-electron chi connectivity index (χ1n) is 32.3. The van der Waals surface area contributed by atoms with Gasteiger partial charge in [0.15, 0.2) is 6.10 Å². The van der Waals surface area contributed by atoms with E-state index >= 15 is 0 Å². The van der Waals surface area contributed by atoms with E-state index in [1.54, 1.807) is 0 Å². The van der Waals surface area contributed by atoms with E-state index in [4.69, 9.17) is 18.5 Å². The molecular weight excluding hydrogens is 966 g/mol. The van der Waals surface area contributed by atoms with Crippen LogP contribution in [-0.2, 0) is 32.7 Å². The molecule has 10 heteroatoms. The largest absolute Gasteiger partial charge is 0.756 e. The zero-order chi connectivity index (χ0) is 55.6. The molecule has 0 saturated carbocycles. The van der Waals surface area contributed by atoms with Crippen LogP contribution in [0.2, 0.25) is 0 Å². The number of rotatable bonds is 60. The summed E-state index contributed by atoms with van der Waals surface area (Å²) in [5.74, 6) is -0.842. The van der Waals surface area contributed by atoms with E-state index in [-0.39, 0.29) is 32.0 Å². The second-order valence-corrected chi connectivity index (χ2v) is 24.5. The van der Waals surface area contributed by atoms with Crippen molar-refractivity contribution >= 4 is 19.8 Å². The van der Waals surface area contributed by atoms with Crippen LogP contribution in [0.5, 0.6) is 0 Å². The van der Waals surface area contributed by atoms with E-state index in [0.29, 0.717) is 17.4 Å². The third kappa shape index (κ3) is 61.2. The third-order valence-electron chi connectivity index (χ3n) is 14.3. The van der Waals surface area contributed by atoms with Crippen LogP contribution >= 0.6 is 7.82 Å². The first-order chi connectivity index (χ1) is 37.0. The number of carbonyl (C=O) groups is 2. The van der Waals surface area contributed by atoms with E-state index in [0.717, 1.165) is 70.6 Å². The molecule has 0 aromatic rings. The highest BCUT2D eigenvalue weighted by Gasteiger charge is 2.22. The average molecular weight is 1090 g/mol. The van der Waals surface area contributed by atoms with Gasteiger partial charge in [-0.1, -0.05) is 274 Å². The molecule has 0 bridgehead atoms. The number of nitrogens with zero attached hydrogens (tertiary/aromatic N) is 1. The predicted octanol–water partition coefficient (Wildman–Crippen LogP) is 19.9. The number of phosphoric acid groups is 1. The first-order valence-corrected chi connectivity index (χ1v) is 33.8. The van der Waals surface area contributed by atoms with Crippen LogP contribution in [0.25, 0.3) is 0 Å². The Morgan fingerprint density at radius 2 is 0.750 bits per heavy atom. The minimum atomic E-state index is -4.64. The molecule has 0 fully saturated rings. The van der Waals surface area contributed by atoms with Gasteiger partial charge in [-0.25, -0.2) is 0 Å². The predicted molar refractivity (Wildman–Crippen MR) is 324 cm³/mol. The number of phosphoric ester groups is 1. The number of hydrogen-bond acceptors (Lipinski definition) is 8. The van der Waals surface area contributed by atoms with Crippen molar-refractivity contribution < 1.29 is 42.1 Å². The van der Waals surface area contributed by atoms with Gasteiger partial charge in [-0.15, -0.1) is 0 Å². The fourth-order valence-electron chi connectivity index (χ4n) is 9.37. The van der Waals surface area contributed by atoms with Gasteiger partial charge in [0.1, 0.15) is 19.8 Å². The maximum Gasteiger partial charge on any atom is 0.306 e. The van der Waals surface area contributed by atoms with E-state index in [9.17, 15) is 19.0 Å². The van der Waals surface area contributed by atoms with Crippen LogP contribution in [-0.4, -0.2) is 70.0 Å². The smallest absolute Gasteiger partial charge is 0.306 e. The van der Waals surface area contributed by atoms with Crippen molar-refractivity contribution in [3.8, 4) is 0 Å². The normalized spacial score (nSPS) is 13.5. The van der Waals surface area contributed by atoms with E-state index in [2.05, 4.69) is 62.5 Å². The lowest BCUT2D eigenvalue weighted by Gasteiger charge is -2.28. The highest BCUT2D eigenvalue weighted by molar-refractivity contribution is 7.45. The molecule has 0 rings (SSSR count). The Labute approximate surface area is 471 Å². The van der Waals surface area contributed by atoms with Crippen molar-refractivity contribution in [3.05, 3.63) is 48.6 Å². The van der Waals surface area contributed by atoms with Crippen molar-refractivity contribution in [1.29, 1.82) is 0 Å². The molecule has 0 heterocycles. The van der Waals surface area contributed by atoms with Gasteiger partial charge < -0.3 is 27.9 Å². The standard InChI is InChI=1S/C66H124NO8P/c1-6-8-10-12-14-16-18-20-22-23-24-25-26-27-28-29-30-31-32-33-34-35-36-37-38-39-40-41-42-43-45-46-48-50-52-54-56-58-65(68)72-62-64(63-74-76(70,71)73-61-60-67(3,4)5)75-66(69)59-57-55-53-51-49-47-44-21-19-17-15-13-11-9-7-2/h9,11,15,17,21,23-24,44,64H,6-8,10,12-14,16,18-20,22,25-43,45-63H2,1-5H3/b11-9-,17-15-,24-23-,44-21-. The molecule has 0 radical (unpaired) electrons. The van der Waals surface area contributed by atoms with Crippen molar-refractivity contribution in [2.45, 2.75) is 315 Å². The van der Waals surface area contributed by atoms with Crippen LogP contribution in [0.1, 0.15) is 309 Å². The van der Waals surface area contributed by atoms with Gasteiger partial charge in [0.25, 0.3) is 7.82 Å². The average Bonchev–Trinajstić information content (AvgIpc) is 3.38. The summed E-state index contributed by atoms with van der Waals surface area (Å²) in [6, 6.07) is 0. The summed E-state index contributed by atoms with van der Waals surface area (Å²) < 4.78 is 34.1. The Hall–Kier alpha value is -2.03. The molecule has 0 spiro atoms. The lowest BCUT2D eigenvalue weighted by Crippen LogP contribution is -2.37. The minimum Gasteiger partial charge on any atom is -0.756 e. The van der Waals surface area contributed by atoms with Gasteiger partial charge in [-0.05, 0) is 70.6 Å². The van der Waals surface area contributed by atoms with E-state index in [1.165, 1.54) is 205 Å². The fraction of sp³-hybridized carbons (Fsp3) is 0.848. The number of esters is 2. The van der Waals surface area contributed by atoms with Crippen LogP contribution in [0.15, 0.2) is 48.6 Å². The Morgan fingerprint density at radius 3 is 1.13 bits per heavy atom. The molecule has 0 aliphatic carbocycles. The van der Waals surface area contributed by atoms with E-state index < -0.39 is 26.5 Å². The van der Waals surface area contributed by atoms with Gasteiger partial charge in [0.05, 0.1) is 27.7 Å². The number of quaternary nitrogens is 1. The molecular formula is C66H124NO8P.